The smallest absolute Gasteiger partial charge is 0.403 e. The summed E-state index contributed by atoms with van der Waals surface area (Å²) in [5.74, 6) is -3.65. The van der Waals surface area contributed by atoms with Crippen LogP contribution in [0.5, 0.6) is 5.75 Å². The second-order valence-electron chi connectivity index (χ2n) is 7.54. The summed E-state index contributed by atoms with van der Waals surface area (Å²) in [5.41, 5.74) is -0.651. The molecule has 0 radical (unpaired) electrons. The summed E-state index contributed by atoms with van der Waals surface area (Å²) in [6, 6.07) is 8.47. The Morgan fingerprint density at radius 2 is 1.73 bits per heavy atom. The molecule has 1 aliphatic rings. The predicted octanol–water partition coefficient (Wildman–Crippen LogP) is 3.75. The van der Waals surface area contributed by atoms with Gasteiger partial charge < -0.3 is 10.1 Å². The minimum atomic E-state index is -5.06. The summed E-state index contributed by atoms with van der Waals surface area (Å²) in [7, 11) is -3.88. The number of rotatable bonds is 5. The lowest BCUT2D eigenvalue weighted by molar-refractivity contribution is -0.274. The standard InChI is InChI=1S/C19H18F4N2O4S/c1-18(2)14(10-6-8-11(9-7-10)30(24,27)28)15(18)17(26)25-16-12(20)4-3-5-13(16)29-19(21,22)23/h3-9,14-15H,1-2H3,(H,25,26)(H2,24,27,28). The van der Waals surface area contributed by atoms with Gasteiger partial charge in [0.15, 0.2) is 11.6 Å². The van der Waals surface area contributed by atoms with Crippen LogP contribution < -0.4 is 15.2 Å². The minimum Gasteiger partial charge on any atom is -0.403 e. The highest BCUT2D eigenvalue weighted by Crippen LogP contribution is 2.64. The second-order valence-corrected chi connectivity index (χ2v) is 9.10. The van der Waals surface area contributed by atoms with Gasteiger partial charge in [-0.3, -0.25) is 4.79 Å². The van der Waals surface area contributed by atoms with Crippen molar-refractivity contribution in [1.29, 1.82) is 0 Å². The van der Waals surface area contributed by atoms with E-state index in [0.717, 1.165) is 18.2 Å². The summed E-state index contributed by atoms with van der Waals surface area (Å²) in [6.07, 6.45) is -5.06. The third-order valence-electron chi connectivity index (χ3n) is 5.13. The molecule has 1 amide bonds. The van der Waals surface area contributed by atoms with Gasteiger partial charge in [0.1, 0.15) is 5.69 Å². The van der Waals surface area contributed by atoms with Crippen molar-refractivity contribution >= 4 is 21.6 Å². The number of anilines is 1. The number of benzene rings is 2. The van der Waals surface area contributed by atoms with E-state index in [1.807, 2.05) is 0 Å². The average Bonchev–Trinajstić information content (AvgIpc) is 3.18. The van der Waals surface area contributed by atoms with Crippen LogP contribution in [0.2, 0.25) is 0 Å². The summed E-state index contributed by atoms with van der Waals surface area (Å²) in [4.78, 5) is 12.6. The highest BCUT2D eigenvalue weighted by molar-refractivity contribution is 7.89. The molecular weight excluding hydrogens is 428 g/mol. The van der Waals surface area contributed by atoms with E-state index in [-0.39, 0.29) is 10.8 Å². The molecular formula is C19H18F4N2O4S. The average molecular weight is 446 g/mol. The topological polar surface area (TPSA) is 98.5 Å². The Morgan fingerprint density at radius 1 is 1.13 bits per heavy atom. The molecule has 1 fully saturated rings. The number of carbonyl (C=O) groups excluding carboxylic acids is 1. The van der Waals surface area contributed by atoms with Gasteiger partial charge >= 0.3 is 6.36 Å². The number of hydrogen-bond acceptors (Lipinski definition) is 4. The zero-order valence-corrected chi connectivity index (χ0v) is 16.6. The number of carbonyl (C=O) groups is 1. The first-order valence-electron chi connectivity index (χ1n) is 8.69. The number of nitrogens with two attached hydrogens (primary N) is 1. The molecule has 0 heterocycles. The molecule has 2 aromatic rings. The van der Waals surface area contributed by atoms with Crippen molar-refractivity contribution in [3.05, 3.63) is 53.8 Å². The lowest BCUT2D eigenvalue weighted by Crippen LogP contribution is -2.22. The van der Waals surface area contributed by atoms with Crippen LogP contribution in [-0.4, -0.2) is 20.7 Å². The van der Waals surface area contributed by atoms with Crippen molar-refractivity contribution in [3.8, 4) is 5.75 Å². The van der Waals surface area contributed by atoms with Crippen molar-refractivity contribution < 1.29 is 35.5 Å². The third kappa shape index (κ3) is 4.41. The largest absolute Gasteiger partial charge is 0.573 e. The van der Waals surface area contributed by atoms with E-state index in [4.69, 9.17) is 5.14 Å². The zero-order valence-electron chi connectivity index (χ0n) is 15.8. The Morgan fingerprint density at radius 3 is 2.27 bits per heavy atom. The summed E-state index contributed by atoms with van der Waals surface area (Å²) >= 11 is 0. The van der Waals surface area contributed by atoms with E-state index in [0.29, 0.717) is 5.56 Å². The number of para-hydroxylation sites is 1. The quantitative estimate of drug-likeness (QED) is 0.684. The van der Waals surface area contributed by atoms with E-state index in [1.165, 1.54) is 24.3 Å². The first-order valence-corrected chi connectivity index (χ1v) is 10.2. The zero-order chi connectivity index (χ0) is 22.5. The van der Waals surface area contributed by atoms with Gasteiger partial charge in [-0.05, 0) is 35.2 Å². The summed E-state index contributed by atoms with van der Waals surface area (Å²) < 4.78 is 78.4. The van der Waals surface area contributed by atoms with Gasteiger partial charge in [-0.25, -0.2) is 17.9 Å². The first kappa shape index (κ1) is 22.0. The highest BCUT2D eigenvalue weighted by Gasteiger charge is 2.62. The molecule has 1 aliphatic carbocycles. The van der Waals surface area contributed by atoms with E-state index in [9.17, 15) is 30.8 Å². The maximum atomic E-state index is 14.1. The van der Waals surface area contributed by atoms with Crippen LogP contribution >= 0.6 is 0 Å². The minimum absolute atomic E-state index is 0.0917. The Hall–Kier alpha value is -2.66. The van der Waals surface area contributed by atoms with Crippen LogP contribution in [0, 0.1) is 17.2 Å². The fourth-order valence-corrected chi connectivity index (χ4v) is 4.17. The predicted molar refractivity (Wildman–Crippen MR) is 99.5 cm³/mol. The fraction of sp³-hybridized carbons (Fsp3) is 0.316. The SMILES string of the molecule is CC1(C)C(C(=O)Nc2c(F)cccc2OC(F)(F)F)C1c1ccc(S(N)(=O)=O)cc1. The van der Waals surface area contributed by atoms with Crippen LogP contribution in [0.15, 0.2) is 47.4 Å². The van der Waals surface area contributed by atoms with Crippen molar-refractivity contribution in [2.24, 2.45) is 16.5 Å². The van der Waals surface area contributed by atoms with Gasteiger partial charge in [-0.1, -0.05) is 32.0 Å². The second kappa shape index (κ2) is 7.24. The number of sulfonamides is 1. The van der Waals surface area contributed by atoms with Gasteiger partial charge in [0.05, 0.1) is 10.8 Å². The lowest BCUT2D eigenvalue weighted by Gasteiger charge is -2.15. The van der Waals surface area contributed by atoms with Crippen molar-refractivity contribution in [3.63, 3.8) is 0 Å². The van der Waals surface area contributed by atoms with E-state index < -0.39 is 50.9 Å². The van der Waals surface area contributed by atoms with E-state index in [1.54, 1.807) is 13.8 Å². The number of halogens is 4. The molecule has 2 unspecified atom stereocenters. The number of nitrogens with one attached hydrogen (secondary N) is 1. The number of primary sulfonamides is 1. The molecule has 3 rings (SSSR count). The van der Waals surface area contributed by atoms with Crippen molar-refractivity contribution in [2.75, 3.05) is 5.32 Å². The normalized spacial score (nSPS) is 20.5. The molecule has 0 spiro atoms. The molecule has 162 valence electrons. The van der Waals surface area contributed by atoms with Gasteiger partial charge in [0, 0.05) is 5.92 Å². The van der Waals surface area contributed by atoms with Crippen molar-refractivity contribution in [1.82, 2.24) is 0 Å². The molecule has 3 N–H and O–H groups in total. The Balaban J connectivity index is 1.83. The molecule has 0 bridgehead atoms. The Bertz CT molecular complexity index is 1080. The van der Waals surface area contributed by atoms with Gasteiger partial charge in [0.2, 0.25) is 15.9 Å². The molecule has 0 saturated heterocycles. The van der Waals surface area contributed by atoms with E-state index >= 15 is 0 Å². The number of hydrogen-bond donors (Lipinski definition) is 2. The molecule has 6 nitrogen and oxygen atoms in total. The number of alkyl halides is 3. The third-order valence-corrected chi connectivity index (χ3v) is 6.06. The van der Waals surface area contributed by atoms with Crippen molar-refractivity contribution in [2.45, 2.75) is 31.0 Å². The number of ether oxygens (including phenoxy) is 1. The summed E-state index contributed by atoms with van der Waals surface area (Å²) in [5, 5.41) is 7.27. The monoisotopic (exact) mass is 446 g/mol. The van der Waals surface area contributed by atoms with Crippen LogP contribution in [0.1, 0.15) is 25.3 Å². The maximum absolute atomic E-state index is 14.1. The summed E-state index contributed by atoms with van der Waals surface area (Å²) in [6.45, 7) is 3.54. The first-order chi connectivity index (χ1) is 13.7. The van der Waals surface area contributed by atoms with Crippen LogP contribution in [-0.2, 0) is 14.8 Å². The Labute approximate surface area is 170 Å². The molecule has 30 heavy (non-hydrogen) atoms. The maximum Gasteiger partial charge on any atom is 0.573 e. The molecule has 0 aliphatic heterocycles. The fourth-order valence-electron chi connectivity index (χ4n) is 3.65. The molecule has 2 atom stereocenters. The van der Waals surface area contributed by atoms with Crippen LogP contribution in [0.4, 0.5) is 23.2 Å². The number of amides is 1. The molecule has 1 saturated carbocycles. The highest BCUT2D eigenvalue weighted by atomic mass is 32.2. The lowest BCUT2D eigenvalue weighted by atomic mass is 10.0. The van der Waals surface area contributed by atoms with Crippen LogP contribution in [0.25, 0.3) is 0 Å². The van der Waals surface area contributed by atoms with Gasteiger partial charge in [0.25, 0.3) is 0 Å². The molecule has 0 aromatic heterocycles. The van der Waals surface area contributed by atoms with Gasteiger partial charge in [-0.2, -0.15) is 0 Å². The van der Waals surface area contributed by atoms with E-state index in [2.05, 4.69) is 10.1 Å². The van der Waals surface area contributed by atoms with Crippen LogP contribution in [0.3, 0.4) is 0 Å². The Kier molecular flexibility index (Phi) is 5.32. The van der Waals surface area contributed by atoms with Gasteiger partial charge in [-0.15, -0.1) is 13.2 Å². The molecule has 2 aromatic carbocycles. The molecule has 11 heteroatoms.